The van der Waals surface area contributed by atoms with Gasteiger partial charge in [-0.3, -0.25) is 9.69 Å². The minimum absolute atomic E-state index is 0.0413. The number of carbonyl (C=O) groups is 1. The molecule has 28 heavy (non-hydrogen) atoms. The van der Waals surface area contributed by atoms with E-state index in [1.165, 1.54) is 23.4 Å². The lowest BCUT2D eigenvalue weighted by molar-refractivity contribution is -0.128. The van der Waals surface area contributed by atoms with Crippen molar-refractivity contribution in [3.8, 4) is 0 Å². The molecular formula is C19H19F2N5O2. The lowest BCUT2D eigenvalue weighted by Crippen LogP contribution is -2.52. The largest absolute Gasteiger partial charge is 0.370 e. The van der Waals surface area contributed by atoms with E-state index in [1.807, 2.05) is 4.90 Å². The van der Waals surface area contributed by atoms with Gasteiger partial charge < -0.3 is 9.64 Å². The van der Waals surface area contributed by atoms with Crippen molar-refractivity contribution in [2.24, 2.45) is 4.99 Å². The van der Waals surface area contributed by atoms with Gasteiger partial charge >= 0.3 is 0 Å². The predicted octanol–water partition coefficient (Wildman–Crippen LogP) is 2.09. The molecule has 0 bridgehead atoms. The van der Waals surface area contributed by atoms with E-state index in [-0.39, 0.29) is 29.9 Å². The van der Waals surface area contributed by atoms with E-state index >= 15 is 0 Å². The first-order valence-electron chi connectivity index (χ1n) is 8.94. The fourth-order valence-corrected chi connectivity index (χ4v) is 3.41. The number of morpholine rings is 1. The number of carbonyl (C=O) groups excluding carboxylic acids is 1. The zero-order valence-electron chi connectivity index (χ0n) is 15.3. The number of ether oxygens (including phenoxy) is 1. The van der Waals surface area contributed by atoms with Crippen LogP contribution in [0.25, 0.3) is 0 Å². The van der Waals surface area contributed by atoms with Gasteiger partial charge in [-0.1, -0.05) is 12.1 Å². The molecule has 2 atom stereocenters. The maximum Gasteiger partial charge on any atom is 0.231 e. The Bertz CT molecular complexity index is 905. The van der Waals surface area contributed by atoms with Gasteiger partial charge in [0.25, 0.3) is 0 Å². The molecule has 146 valence electrons. The van der Waals surface area contributed by atoms with Crippen LogP contribution >= 0.6 is 0 Å². The van der Waals surface area contributed by atoms with Crippen LogP contribution in [-0.2, 0) is 9.53 Å². The van der Waals surface area contributed by atoms with E-state index in [1.54, 1.807) is 19.2 Å². The summed E-state index contributed by atoms with van der Waals surface area (Å²) in [7, 11) is 1.65. The number of aliphatic imine (C=N–C) groups is 1. The highest BCUT2D eigenvalue weighted by molar-refractivity contribution is 5.99. The summed E-state index contributed by atoms with van der Waals surface area (Å²) < 4.78 is 33.1. The minimum atomic E-state index is -0.700. The third-order valence-electron chi connectivity index (χ3n) is 4.92. The Morgan fingerprint density at radius 2 is 2.00 bits per heavy atom. The Labute approximate surface area is 160 Å². The number of rotatable bonds is 2. The molecule has 0 spiro atoms. The Hall–Kier alpha value is -2.94. The summed E-state index contributed by atoms with van der Waals surface area (Å²) in [6.45, 7) is 1.41. The van der Waals surface area contributed by atoms with Crippen LogP contribution in [0.2, 0.25) is 0 Å². The minimum Gasteiger partial charge on any atom is -0.370 e. The van der Waals surface area contributed by atoms with Gasteiger partial charge in [-0.05, 0) is 17.7 Å². The Kier molecular flexibility index (Phi) is 4.99. The van der Waals surface area contributed by atoms with Crippen molar-refractivity contribution >= 4 is 11.9 Å². The second-order valence-electron chi connectivity index (χ2n) is 6.71. The molecule has 4 rings (SSSR count). The van der Waals surface area contributed by atoms with Crippen LogP contribution in [0.4, 0.5) is 8.78 Å². The molecule has 7 nitrogen and oxygen atoms in total. The highest BCUT2D eigenvalue weighted by Gasteiger charge is 2.34. The number of guanidine groups is 1. The summed E-state index contributed by atoms with van der Waals surface area (Å²) in [6, 6.07) is 5.44. The average molecular weight is 387 g/mol. The molecule has 0 saturated carbocycles. The third-order valence-corrected chi connectivity index (χ3v) is 4.92. The van der Waals surface area contributed by atoms with Gasteiger partial charge in [0.1, 0.15) is 30.0 Å². The lowest BCUT2D eigenvalue weighted by atomic mass is 10.1. The molecule has 0 N–H and O–H groups in total. The van der Waals surface area contributed by atoms with Crippen LogP contribution < -0.4 is 0 Å². The van der Waals surface area contributed by atoms with Gasteiger partial charge in [0, 0.05) is 13.6 Å². The summed E-state index contributed by atoms with van der Waals surface area (Å²) in [5.41, 5.74) is 0.951. The van der Waals surface area contributed by atoms with Gasteiger partial charge in [-0.2, -0.15) is 0 Å². The van der Waals surface area contributed by atoms with E-state index in [9.17, 15) is 13.6 Å². The molecule has 1 saturated heterocycles. The van der Waals surface area contributed by atoms with Crippen LogP contribution in [0.1, 0.15) is 29.8 Å². The third kappa shape index (κ3) is 3.57. The van der Waals surface area contributed by atoms with Crippen molar-refractivity contribution < 1.29 is 18.3 Å². The summed E-state index contributed by atoms with van der Waals surface area (Å²) in [5, 5.41) is 0. The van der Waals surface area contributed by atoms with E-state index < -0.39 is 11.9 Å². The zero-order chi connectivity index (χ0) is 19.7. The van der Waals surface area contributed by atoms with Gasteiger partial charge in [0.05, 0.1) is 25.8 Å². The Balaban J connectivity index is 1.61. The van der Waals surface area contributed by atoms with Crippen molar-refractivity contribution in [2.45, 2.75) is 18.6 Å². The molecule has 1 amide bonds. The number of aromatic nitrogens is 2. The predicted molar refractivity (Wildman–Crippen MR) is 96.2 cm³/mol. The van der Waals surface area contributed by atoms with Crippen LogP contribution in [-0.4, -0.2) is 58.4 Å². The first-order valence-corrected chi connectivity index (χ1v) is 8.94. The van der Waals surface area contributed by atoms with Crippen molar-refractivity contribution in [1.82, 2.24) is 19.8 Å². The highest BCUT2D eigenvalue weighted by Crippen LogP contribution is 2.29. The molecule has 2 aromatic rings. The summed E-state index contributed by atoms with van der Waals surface area (Å²) in [5.74, 6) is -0.611. The molecule has 0 radical (unpaired) electrons. The maximum absolute atomic E-state index is 14.1. The Morgan fingerprint density at radius 3 is 2.75 bits per heavy atom. The number of hydrogen-bond acceptors (Lipinski definition) is 6. The van der Waals surface area contributed by atoms with Gasteiger partial charge in [0.15, 0.2) is 5.82 Å². The second-order valence-corrected chi connectivity index (χ2v) is 6.71. The lowest BCUT2D eigenvalue weighted by Gasteiger charge is -2.39. The molecule has 1 aromatic heterocycles. The fraction of sp³-hybridized carbons (Fsp3) is 0.368. The molecule has 9 heteroatoms. The van der Waals surface area contributed by atoms with Gasteiger partial charge in [-0.15, -0.1) is 0 Å². The van der Waals surface area contributed by atoms with Crippen molar-refractivity contribution in [3.05, 3.63) is 59.7 Å². The quantitative estimate of drug-likeness (QED) is 0.789. The SMILES string of the molecule is CN1C(=O)CC(c2ncncc2F)N=C1N1CCO[C@@H](c2ccc(F)cc2)C1. The average Bonchev–Trinajstić information content (AvgIpc) is 2.71. The normalized spacial score (nSPS) is 23.0. The molecule has 2 aliphatic heterocycles. The van der Waals surface area contributed by atoms with Crippen LogP contribution in [0.15, 0.2) is 41.8 Å². The Morgan fingerprint density at radius 1 is 1.21 bits per heavy atom. The van der Waals surface area contributed by atoms with E-state index in [0.29, 0.717) is 25.7 Å². The van der Waals surface area contributed by atoms with E-state index in [2.05, 4.69) is 15.0 Å². The summed E-state index contributed by atoms with van der Waals surface area (Å²) in [4.78, 5) is 28.1. The molecule has 1 fully saturated rings. The molecule has 0 aliphatic carbocycles. The number of halogens is 2. The molecule has 3 heterocycles. The molecule has 1 aromatic carbocycles. The number of nitrogens with zero attached hydrogens (tertiary/aromatic N) is 5. The fourth-order valence-electron chi connectivity index (χ4n) is 3.41. The van der Waals surface area contributed by atoms with E-state index in [0.717, 1.165) is 11.8 Å². The molecule has 1 unspecified atom stereocenters. The van der Waals surface area contributed by atoms with Gasteiger partial charge in [0.2, 0.25) is 11.9 Å². The standard InChI is InChI=1S/C19H19F2N5O2/c1-25-17(27)8-15(18-14(21)9-22-11-23-18)24-19(25)26-6-7-28-16(10-26)12-2-4-13(20)5-3-12/h2-5,9,11,15-16H,6-8,10H2,1H3/t15?,16-/m1/s1. The van der Waals surface area contributed by atoms with Crippen LogP contribution in [0, 0.1) is 11.6 Å². The van der Waals surface area contributed by atoms with Gasteiger partial charge in [-0.25, -0.2) is 23.7 Å². The number of hydrogen-bond donors (Lipinski definition) is 0. The maximum atomic E-state index is 14.1. The molecular weight excluding hydrogens is 368 g/mol. The van der Waals surface area contributed by atoms with E-state index in [4.69, 9.17) is 4.74 Å². The summed E-state index contributed by atoms with van der Waals surface area (Å²) in [6.07, 6.45) is 2.08. The second kappa shape index (κ2) is 7.59. The zero-order valence-corrected chi connectivity index (χ0v) is 15.3. The van der Waals surface area contributed by atoms with Crippen LogP contribution in [0.3, 0.4) is 0 Å². The summed E-state index contributed by atoms with van der Waals surface area (Å²) >= 11 is 0. The van der Waals surface area contributed by atoms with Crippen LogP contribution in [0.5, 0.6) is 0 Å². The van der Waals surface area contributed by atoms with Crippen molar-refractivity contribution in [2.75, 3.05) is 26.7 Å². The number of amides is 1. The smallest absolute Gasteiger partial charge is 0.231 e. The van der Waals surface area contributed by atoms with Crippen molar-refractivity contribution in [1.29, 1.82) is 0 Å². The molecule has 2 aliphatic rings. The number of benzene rings is 1. The van der Waals surface area contributed by atoms with Crippen molar-refractivity contribution in [3.63, 3.8) is 0 Å². The monoisotopic (exact) mass is 387 g/mol. The topological polar surface area (TPSA) is 70.9 Å². The first kappa shape index (κ1) is 18.4. The highest BCUT2D eigenvalue weighted by atomic mass is 19.1. The first-order chi connectivity index (χ1) is 13.5.